The number of aromatic nitrogens is 2. The maximum Gasteiger partial charge on any atom is 0.224 e. The minimum atomic E-state index is 0.255. The fraction of sp³-hybridized carbons (Fsp3) is 0.692. The summed E-state index contributed by atoms with van der Waals surface area (Å²) in [6.07, 6.45) is 7.67. The van der Waals surface area contributed by atoms with Gasteiger partial charge in [-0.3, -0.25) is 9.48 Å². The van der Waals surface area contributed by atoms with Crippen LogP contribution in [0, 0.1) is 0 Å². The Hall–Kier alpha value is -1.36. The standard InChI is InChI=1S/C13H22N4O/c1-14-11-12-5-2-3-9-17(12)13(18)6-10-16-8-4-7-15-16/h4,7-8,12,14H,2-3,5-6,9-11H2,1H3. The molecule has 1 aliphatic rings. The molecule has 0 radical (unpaired) electrons. The SMILES string of the molecule is CNCC1CCCCN1C(=O)CCn1cccn1. The topological polar surface area (TPSA) is 50.2 Å². The molecule has 100 valence electrons. The lowest BCUT2D eigenvalue weighted by Gasteiger charge is -2.35. The van der Waals surface area contributed by atoms with Gasteiger partial charge < -0.3 is 10.2 Å². The second-order valence-electron chi connectivity index (χ2n) is 4.81. The van der Waals surface area contributed by atoms with E-state index < -0.39 is 0 Å². The van der Waals surface area contributed by atoms with Crippen LogP contribution in [-0.4, -0.2) is 46.8 Å². The highest BCUT2D eigenvalue weighted by atomic mass is 16.2. The fourth-order valence-electron chi connectivity index (χ4n) is 2.56. The van der Waals surface area contributed by atoms with Crippen molar-refractivity contribution in [3.63, 3.8) is 0 Å². The lowest BCUT2D eigenvalue weighted by molar-refractivity contribution is -0.135. The van der Waals surface area contributed by atoms with E-state index in [1.807, 2.05) is 28.9 Å². The number of amides is 1. The van der Waals surface area contributed by atoms with Crippen molar-refractivity contribution in [2.45, 2.75) is 38.3 Å². The van der Waals surface area contributed by atoms with E-state index in [0.29, 0.717) is 19.0 Å². The number of aryl methyl sites for hydroxylation is 1. The largest absolute Gasteiger partial charge is 0.338 e. The third kappa shape index (κ3) is 3.32. The van der Waals surface area contributed by atoms with E-state index in [4.69, 9.17) is 0 Å². The first kappa shape index (κ1) is 13.1. The quantitative estimate of drug-likeness (QED) is 0.844. The van der Waals surface area contributed by atoms with Gasteiger partial charge in [-0.2, -0.15) is 5.10 Å². The molecule has 0 aliphatic carbocycles. The Morgan fingerprint density at radius 3 is 3.11 bits per heavy atom. The predicted octanol–water partition coefficient (Wildman–Crippen LogP) is 0.874. The third-order valence-corrected chi connectivity index (χ3v) is 3.50. The molecule has 1 aliphatic heterocycles. The van der Waals surface area contributed by atoms with Crippen LogP contribution in [0.5, 0.6) is 0 Å². The summed E-state index contributed by atoms with van der Waals surface area (Å²) in [5, 5.41) is 7.30. The fourth-order valence-corrected chi connectivity index (χ4v) is 2.56. The Balaban J connectivity index is 1.85. The van der Waals surface area contributed by atoms with E-state index in [9.17, 15) is 4.79 Å². The average Bonchev–Trinajstić information content (AvgIpc) is 2.90. The summed E-state index contributed by atoms with van der Waals surface area (Å²) < 4.78 is 1.81. The van der Waals surface area contributed by atoms with Crippen LogP contribution in [0.2, 0.25) is 0 Å². The van der Waals surface area contributed by atoms with Gasteiger partial charge in [-0.1, -0.05) is 0 Å². The van der Waals surface area contributed by atoms with Crippen molar-refractivity contribution in [3.05, 3.63) is 18.5 Å². The first-order valence-electron chi connectivity index (χ1n) is 6.73. The first-order chi connectivity index (χ1) is 8.81. The second kappa shape index (κ2) is 6.54. The van der Waals surface area contributed by atoms with Gasteiger partial charge in [0.15, 0.2) is 0 Å². The smallest absolute Gasteiger partial charge is 0.224 e. The summed E-state index contributed by atoms with van der Waals surface area (Å²) in [6.45, 7) is 2.48. The summed E-state index contributed by atoms with van der Waals surface area (Å²) in [5.74, 6) is 0.255. The molecule has 5 nitrogen and oxygen atoms in total. The van der Waals surface area contributed by atoms with Crippen molar-refractivity contribution < 1.29 is 4.79 Å². The van der Waals surface area contributed by atoms with Crippen LogP contribution in [0.1, 0.15) is 25.7 Å². The van der Waals surface area contributed by atoms with Gasteiger partial charge in [0.1, 0.15) is 0 Å². The van der Waals surface area contributed by atoms with E-state index in [1.165, 1.54) is 6.42 Å². The van der Waals surface area contributed by atoms with Crippen LogP contribution in [0.25, 0.3) is 0 Å². The third-order valence-electron chi connectivity index (χ3n) is 3.50. The van der Waals surface area contributed by atoms with Crippen LogP contribution in [-0.2, 0) is 11.3 Å². The van der Waals surface area contributed by atoms with E-state index in [-0.39, 0.29) is 5.91 Å². The number of nitrogens with zero attached hydrogens (tertiary/aromatic N) is 3. The first-order valence-corrected chi connectivity index (χ1v) is 6.73. The predicted molar refractivity (Wildman–Crippen MR) is 70.1 cm³/mol. The van der Waals surface area contributed by atoms with Crippen LogP contribution >= 0.6 is 0 Å². The van der Waals surface area contributed by atoms with E-state index >= 15 is 0 Å². The molecule has 1 fully saturated rings. The molecule has 1 N–H and O–H groups in total. The van der Waals surface area contributed by atoms with Gasteiger partial charge in [0.25, 0.3) is 0 Å². The summed E-state index contributed by atoms with van der Waals surface area (Å²) in [7, 11) is 1.95. The molecule has 1 atom stereocenters. The minimum absolute atomic E-state index is 0.255. The van der Waals surface area contributed by atoms with Crippen molar-refractivity contribution in [2.75, 3.05) is 20.1 Å². The van der Waals surface area contributed by atoms with E-state index in [0.717, 1.165) is 25.9 Å². The summed E-state index contributed by atoms with van der Waals surface area (Å²) in [5.41, 5.74) is 0. The van der Waals surface area contributed by atoms with Crippen molar-refractivity contribution in [3.8, 4) is 0 Å². The number of hydrogen-bond acceptors (Lipinski definition) is 3. The number of likely N-dealkylation sites (tertiary alicyclic amines) is 1. The zero-order valence-corrected chi connectivity index (χ0v) is 11.0. The number of piperidine rings is 1. The summed E-state index contributed by atoms with van der Waals surface area (Å²) >= 11 is 0. The molecule has 2 heterocycles. The lowest BCUT2D eigenvalue weighted by atomic mass is 10.0. The minimum Gasteiger partial charge on any atom is -0.338 e. The normalized spacial score (nSPS) is 20.1. The number of carbonyl (C=O) groups excluding carboxylic acids is 1. The van der Waals surface area contributed by atoms with Crippen molar-refractivity contribution in [1.82, 2.24) is 20.0 Å². The van der Waals surface area contributed by atoms with Crippen LogP contribution in [0.3, 0.4) is 0 Å². The molecule has 2 rings (SSSR count). The Bertz CT molecular complexity index is 361. The van der Waals surface area contributed by atoms with Gasteiger partial charge in [-0.15, -0.1) is 0 Å². The molecule has 0 spiro atoms. The molecule has 5 heteroatoms. The van der Waals surface area contributed by atoms with Gasteiger partial charge in [0.2, 0.25) is 5.91 Å². The van der Waals surface area contributed by atoms with Gasteiger partial charge in [-0.05, 0) is 32.4 Å². The molecule has 0 saturated carbocycles. The molecule has 18 heavy (non-hydrogen) atoms. The second-order valence-corrected chi connectivity index (χ2v) is 4.81. The maximum absolute atomic E-state index is 12.2. The highest BCUT2D eigenvalue weighted by molar-refractivity contribution is 5.76. The van der Waals surface area contributed by atoms with Crippen molar-refractivity contribution in [1.29, 1.82) is 0 Å². The lowest BCUT2D eigenvalue weighted by Crippen LogP contribution is -2.48. The highest BCUT2D eigenvalue weighted by Crippen LogP contribution is 2.17. The molecular weight excluding hydrogens is 228 g/mol. The number of likely N-dealkylation sites (N-methyl/N-ethyl adjacent to an activating group) is 1. The number of nitrogens with one attached hydrogen (secondary N) is 1. The molecule has 0 bridgehead atoms. The molecule has 1 aromatic rings. The van der Waals surface area contributed by atoms with Gasteiger partial charge in [-0.25, -0.2) is 0 Å². The Kier molecular flexibility index (Phi) is 4.75. The molecule has 1 aromatic heterocycles. The van der Waals surface area contributed by atoms with E-state index in [2.05, 4.69) is 10.4 Å². The van der Waals surface area contributed by atoms with Crippen molar-refractivity contribution >= 4 is 5.91 Å². The number of hydrogen-bond donors (Lipinski definition) is 1. The molecule has 1 saturated heterocycles. The average molecular weight is 250 g/mol. The monoisotopic (exact) mass is 250 g/mol. The molecule has 0 aromatic carbocycles. The molecular formula is C13H22N4O. The maximum atomic E-state index is 12.2. The van der Waals surface area contributed by atoms with Gasteiger partial charge in [0, 0.05) is 44.5 Å². The van der Waals surface area contributed by atoms with Gasteiger partial charge >= 0.3 is 0 Å². The van der Waals surface area contributed by atoms with Crippen LogP contribution in [0.4, 0.5) is 0 Å². The molecule has 1 amide bonds. The number of carbonyl (C=O) groups is 1. The highest BCUT2D eigenvalue weighted by Gasteiger charge is 2.25. The zero-order chi connectivity index (χ0) is 12.8. The summed E-state index contributed by atoms with van der Waals surface area (Å²) in [6, 6.07) is 2.25. The molecule has 1 unspecified atom stereocenters. The van der Waals surface area contributed by atoms with Gasteiger partial charge in [0.05, 0.1) is 0 Å². The van der Waals surface area contributed by atoms with Crippen molar-refractivity contribution in [2.24, 2.45) is 0 Å². The Morgan fingerprint density at radius 2 is 2.39 bits per heavy atom. The number of rotatable bonds is 5. The zero-order valence-electron chi connectivity index (χ0n) is 11.0. The van der Waals surface area contributed by atoms with Crippen LogP contribution in [0.15, 0.2) is 18.5 Å². The summed E-state index contributed by atoms with van der Waals surface area (Å²) in [4.78, 5) is 14.3. The Labute approximate surface area is 108 Å². The van der Waals surface area contributed by atoms with E-state index in [1.54, 1.807) is 6.20 Å². The Morgan fingerprint density at radius 1 is 1.50 bits per heavy atom. The van der Waals surface area contributed by atoms with Crippen LogP contribution < -0.4 is 5.32 Å².